The van der Waals surface area contributed by atoms with Crippen LogP contribution in [0.1, 0.15) is 38.1 Å². The van der Waals surface area contributed by atoms with Crippen molar-refractivity contribution in [1.29, 1.82) is 0 Å². The standard InChI is InChI=1S/C12H20N2O2/c1-8(2)14-11(15)7-13-10(4)12-9(3)5-6-16-12/h5-6,8,10,13H,7H2,1-4H3,(H,14,15). The fourth-order valence-corrected chi connectivity index (χ4v) is 1.54. The molecule has 4 nitrogen and oxygen atoms in total. The Morgan fingerprint density at radius 1 is 1.44 bits per heavy atom. The SMILES string of the molecule is Cc1ccoc1C(C)NCC(=O)NC(C)C. The highest BCUT2D eigenvalue weighted by molar-refractivity contribution is 5.78. The lowest BCUT2D eigenvalue weighted by Crippen LogP contribution is -2.38. The molecule has 0 radical (unpaired) electrons. The largest absolute Gasteiger partial charge is 0.467 e. The maximum Gasteiger partial charge on any atom is 0.234 e. The van der Waals surface area contributed by atoms with Crippen LogP contribution in [0, 0.1) is 6.92 Å². The number of rotatable bonds is 5. The van der Waals surface area contributed by atoms with E-state index in [0.29, 0.717) is 6.54 Å². The number of nitrogens with one attached hydrogen (secondary N) is 2. The van der Waals surface area contributed by atoms with E-state index in [1.807, 2.05) is 33.8 Å². The molecule has 0 aromatic carbocycles. The fraction of sp³-hybridized carbons (Fsp3) is 0.583. The number of carbonyl (C=O) groups excluding carboxylic acids is 1. The number of aryl methyl sites for hydroxylation is 1. The van der Waals surface area contributed by atoms with Crippen molar-refractivity contribution in [2.45, 2.75) is 39.8 Å². The number of furan rings is 1. The molecule has 0 fully saturated rings. The maximum atomic E-state index is 11.4. The van der Waals surface area contributed by atoms with Gasteiger partial charge in [0.1, 0.15) is 5.76 Å². The van der Waals surface area contributed by atoms with E-state index >= 15 is 0 Å². The minimum absolute atomic E-state index is 0.00561. The molecule has 0 saturated carbocycles. The molecule has 4 heteroatoms. The van der Waals surface area contributed by atoms with Gasteiger partial charge in [0, 0.05) is 6.04 Å². The Kier molecular flexibility index (Phi) is 4.55. The van der Waals surface area contributed by atoms with Crippen molar-refractivity contribution in [3.05, 3.63) is 23.7 Å². The second-order valence-electron chi connectivity index (χ2n) is 4.29. The monoisotopic (exact) mass is 224 g/mol. The van der Waals surface area contributed by atoms with Crippen molar-refractivity contribution >= 4 is 5.91 Å². The first-order chi connectivity index (χ1) is 7.50. The van der Waals surface area contributed by atoms with Crippen LogP contribution in [0.5, 0.6) is 0 Å². The van der Waals surface area contributed by atoms with E-state index in [2.05, 4.69) is 10.6 Å². The molecule has 1 rings (SSSR count). The van der Waals surface area contributed by atoms with Gasteiger partial charge in [0.25, 0.3) is 0 Å². The first-order valence-electron chi connectivity index (χ1n) is 5.57. The molecule has 1 aromatic rings. The number of hydrogen-bond donors (Lipinski definition) is 2. The van der Waals surface area contributed by atoms with Gasteiger partial charge in [0.05, 0.1) is 18.8 Å². The van der Waals surface area contributed by atoms with Crippen molar-refractivity contribution in [3.8, 4) is 0 Å². The second-order valence-corrected chi connectivity index (χ2v) is 4.29. The van der Waals surface area contributed by atoms with Crippen LogP contribution in [0.4, 0.5) is 0 Å². The maximum absolute atomic E-state index is 11.4. The van der Waals surface area contributed by atoms with Crippen LogP contribution < -0.4 is 10.6 Å². The lowest BCUT2D eigenvalue weighted by molar-refractivity contribution is -0.120. The molecule has 2 N–H and O–H groups in total. The first kappa shape index (κ1) is 12.8. The highest BCUT2D eigenvalue weighted by Gasteiger charge is 2.12. The Morgan fingerprint density at radius 2 is 2.12 bits per heavy atom. The van der Waals surface area contributed by atoms with E-state index in [1.165, 1.54) is 0 Å². The van der Waals surface area contributed by atoms with E-state index < -0.39 is 0 Å². The van der Waals surface area contributed by atoms with Crippen LogP contribution in [0.2, 0.25) is 0 Å². The third-order valence-corrected chi connectivity index (χ3v) is 2.31. The van der Waals surface area contributed by atoms with Crippen LogP contribution in [0.3, 0.4) is 0 Å². The van der Waals surface area contributed by atoms with E-state index in [4.69, 9.17) is 4.42 Å². The molecule has 0 aliphatic carbocycles. The van der Waals surface area contributed by atoms with Gasteiger partial charge < -0.3 is 9.73 Å². The molecule has 16 heavy (non-hydrogen) atoms. The van der Waals surface area contributed by atoms with Crippen molar-refractivity contribution in [3.63, 3.8) is 0 Å². The third-order valence-electron chi connectivity index (χ3n) is 2.31. The van der Waals surface area contributed by atoms with Gasteiger partial charge in [-0.15, -0.1) is 0 Å². The predicted octanol–water partition coefficient (Wildman–Crippen LogP) is 1.76. The smallest absolute Gasteiger partial charge is 0.234 e. The Balaban J connectivity index is 2.39. The average molecular weight is 224 g/mol. The predicted molar refractivity (Wildman–Crippen MR) is 63.1 cm³/mol. The van der Waals surface area contributed by atoms with Crippen LogP contribution in [-0.2, 0) is 4.79 Å². The number of carbonyl (C=O) groups is 1. The molecule has 1 amide bonds. The van der Waals surface area contributed by atoms with E-state index in [1.54, 1.807) is 6.26 Å². The van der Waals surface area contributed by atoms with Crippen LogP contribution >= 0.6 is 0 Å². The molecule has 0 saturated heterocycles. The quantitative estimate of drug-likeness (QED) is 0.801. The van der Waals surface area contributed by atoms with Crippen molar-refractivity contribution < 1.29 is 9.21 Å². The second kappa shape index (κ2) is 5.70. The molecule has 0 aliphatic heterocycles. The van der Waals surface area contributed by atoms with Gasteiger partial charge in [-0.1, -0.05) is 0 Å². The van der Waals surface area contributed by atoms with E-state index in [9.17, 15) is 4.79 Å². The lowest BCUT2D eigenvalue weighted by Gasteiger charge is -2.13. The van der Waals surface area contributed by atoms with E-state index in [0.717, 1.165) is 11.3 Å². The van der Waals surface area contributed by atoms with Crippen molar-refractivity contribution in [1.82, 2.24) is 10.6 Å². The average Bonchev–Trinajstić information content (AvgIpc) is 2.60. The topological polar surface area (TPSA) is 54.3 Å². The minimum atomic E-state index is 0.00561. The third kappa shape index (κ3) is 3.70. The highest BCUT2D eigenvalue weighted by Crippen LogP contribution is 2.17. The zero-order valence-corrected chi connectivity index (χ0v) is 10.3. The molecular weight excluding hydrogens is 204 g/mol. The lowest BCUT2D eigenvalue weighted by atomic mass is 10.2. The van der Waals surface area contributed by atoms with Gasteiger partial charge in [0.15, 0.2) is 0 Å². The normalized spacial score (nSPS) is 12.8. The molecule has 90 valence electrons. The van der Waals surface area contributed by atoms with Gasteiger partial charge in [-0.2, -0.15) is 0 Å². The summed E-state index contributed by atoms with van der Waals surface area (Å²) in [6.07, 6.45) is 1.66. The number of hydrogen-bond acceptors (Lipinski definition) is 3. The molecule has 0 spiro atoms. The summed E-state index contributed by atoms with van der Waals surface area (Å²) in [5.74, 6) is 0.892. The Bertz CT molecular complexity index is 345. The molecule has 1 heterocycles. The van der Waals surface area contributed by atoms with Gasteiger partial charge in [0.2, 0.25) is 5.91 Å². The van der Waals surface area contributed by atoms with Gasteiger partial charge >= 0.3 is 0 Å². The fourth-order valence-electron chi connectivity index (χ4n) is 1.54. The van der Waals surface area contributed by atoms with Gasteiger partial charge in [-0.25, -0.2) is 0 Å². The summed E-state index contributed by atoms with van der Waals surface area (Å²) < 4.78 is 5.35. The summed E-state index contributed by atoms with van der Waals surface area (Å²) in [5, 5.41) is 5.95. The summed E-state index contributed by atoms with van der Waals surface area (Å²) in [4.78, 5) is 11.4. The van der Waals surface area contributed by atoms with Crippen LogP contribution in [-0.4, -0.2) is 18.5 Å². The van der Waals surface area contributed by atoms with Gasteiger partial charge in [-0.3, -0.25) is 10.1 Å². The minimum Gasteiger partial charge on any atom is -0.467 e. The zero-order chi connectivity index (χ0) is 12.1. The first-order valence-corrected chi connectivity index (χ1v) is 5.57. The Hall–Kier alpha value is -1.29. The summed E-state index contributed by atoms with van der Waals surface area (Å²) >= 11 is 0. The molecule has 0 bridgehead atoms. The molecule has 1 atom stereocenters. The van der Waals surface area contributed by atoms with Crippen LogP contribution in [0.25, 0.3) is 0 Å². The Labute approximate surface area is 96.4 Å². The van der Waals surface area contributed by atoms with Crippen LogP contribution in [0.15, 0.2) is 16.7 Å². The summed E-state index contributed by atoms with van der Waals surface area (Å²) in [7, 11) is 0. The highest BCUT2D eigenvalue weighted by atomic mass is 16.3. The Morgan fingerprint density at radius 3 is 2.62 bits per heavy atom. The van der Waals surface area contributed by atoms with E-state index in [-0.39, 0.29) is 18.0 Å². The molecule has 1 aromatic heterocycles. The zero-order valence-electron chi connectivity index (χ0n) is 10.3. The summed E-state index contributed by atoms with van der Waals surface area (Å²) in [5.41, 5.74) is 1.10. The molecular formula is C12H20N2O2. The van der Waals surface area contributed by atoms with Gasteiger partial charge in [-0.05, 0) is 39.3 Å². The summed E-state index contributed by atoms with van der Waals surface area (Å²) in [6.45, 7) is 8.16. The molecule has 1 unspecified atom stereocenters. The van der Waals surface area contributed by atoms with Crippen molar-refractivity contribution in [2.75, 3.05) is 6.54 Å². The summed E-state index contributed by atoms with van der Waals surface area (Å²) in [6, 6.07) is 2.14. The van der Waals surface area contributed by atoms with Crippen molar-refractivity contribution in [2.24, 2.45) is 0 Å². The number of amides is 1. The molecule has 0 aliphatic rings.